The molecular weight excluding hydrogens is 258 g/mol. The van der Waals surface area contributed by atoms with Gasteiger partial charge in [0.2, 0.25) is 0 Å². The van der Waals surface area contributed by atoms with Crippen LogP contribution in [0.4, 0.5) is 0 Å². The molecule has 3 nitrogen and oxygen atoms in total. The van der Waals surface area contributed by atoms with E-state index in [0.29, 0.717) is 0 Å². The predicted molar refractivity (Wildman–Crippen MR) is 89.7 cm³/mol. The minimum Gasteiger partial charge on any atom is -0.302 e. The van der Waals surface area contributed by atoms with Gasteiger partial charge in [0, 0.05) is 45.3 Å². The van der Waals surface area contributed by atoms with E-state index in [9.17, 15) is 0 Å². The first-order valence-corrected chi connectivity index (χ1v) is 9.46. The maximum atomic E-state index is 2.75. The molecule has 3 rings (SSSR count). The van der Waals surface area contributed by atoms with Crippen LogP contribution in [0.25, 0.3) is 0 Å². The fourth-order valence-corrected chi connectivity index (χ4v) is 4.56. The number of hydrogen-bond acceptors (Lipinski definition) is 3. The summed E-state index contributed by atoms with van der Waals surface area (Å²) in [7, 11) is 2.32. The average Bonchev–Trinajstić information content (AvgIpc) is 2.52. The van der Waals surface area contributed by atoms with Crippen LogP contribution in [0.2, 0.25) is 0 Å². The first-order valence-electron chi connectivity index (χ1n) is 9.46. The third kappa shape index (κ3) is 4.67. The van der Waals surface area contributed by atoms with Crippen LogP contribution in [-0.2, 0) is 0 Å². The van der Waals surface area contributed by atoms with Gasteiger partial charge in [-0.2, -0.15) is 0 Å². The highest BCUT2D eigenvalue weighted by Crippen LogP contribution is 2.25. The lowest BCUT2D eigenvalue weighted by molar-refractivity contribution is 0.0746. The third-order valence-electron chi connectivity index (χ3n) is 6.10. The minimum absolute atomic E-state index is 0.823. The van der Waals surface area contributed by atoms with E-state index in [4.69, 9.17) is 0 Å². The molecule has 21 heavy (non-hydrogen) atoms. The molecule has 3 aliphatic rings. The molecule has 1 saturated carbocycles. The summed E-state index contributed by atoms with van der Waals surface area (Å²) in [6.07, 6.45) is 11.7. The number of piperazine rings is 1. The van der Waals surface area contributed by atoms with Crippen molar-refractivity contribution in [3.63, 3.8) is 0 Å². The molecule has 0 bridgehead atoms. The molecule has 3 fully saturated rings. The van der Waals surface area contributed by atoms with Gasteiger partial charge in [-0.25, -0.2) is 0 Å². The Morgan fingerprint density at radius 1 is 0.667 bits per heavy atom. The van der Waals surface area contributed by atoms with Gasteiger partial charge in [-0.15, -0.1) is 0 Å². The number of likely N-dealkylation sites (tertiary alicyclic amines) is 1. The molecule has 0 aromatic carbocycles. The second-order valence-electron chi connectivity index (χ2n) is 7.74. The summed E-state index contributed by atoms with van der Waals surface area (Å²) in [6, 6.07) is 0.823. The zero-order valence-corrected chi connectivity index (χ0v) is 14.1. The van der Waals surface area contributed by atoms with Crippen LogP contribution in [-0.4, -0.2) is 73.6 Å². The van der Waals surface area contributed by atoms with Crippen molar-refractivity contribution >= 4 is 0 Å². The van der Waals surface area contributed by atoms with Crippen molar-refractivity contribution in [1.29, 1.82) is 0 Å². The molecule has 0 radical (unpaired) electrons. The van der Waals surface area contributed by atoms with Gasteiger partial charge in [-0.3, -0.25) is 4.90 Å². The van der Waals surface area contributed by atoms with Gasteiger partial charge in [0.25, 0.3) is 0 Å². The highest BCUT2D eigenvalue weighted by Gasteiger charge is 2.25. The van der Waals surface area contributed by atoms with Crippen LogP contribution >= 0.6 is 0 Å². The van der Waals surface area contributed by atoms with Crippen molar-refractivity contribution in [2.24, 2.45) is 5.92 Å². The summed E-state index contributed by atoms with van der Waals surface area (Å²) in [6.45, 7) is 9.24. The Morgan fingerprint density at radius 3 is 1.95 bits per heavy atom. The summed E-state index contributed by atoms with van der Waals surface area (Å²) in [4.78, 5) is 8.07. The lowest BCUT2D eigenvalue weighted by Crippen LogP contribution is -2.52. The summed E-state index contributed by atoms with van der Waals surface area (Å²) >= 11 is 0. The Balaban J connectivity index is 1.36. The van der Waals surface area contributed by atoms with E-state index in [1.165, 1.54) is 97.2 Å². The van der Waals surface area contributed by atoms with Crippen LogP contribution in [0.1, 0.15) is 51.4 Å². The molecule has 1 atom stereocenters. The van der Waals surface area contributed by atoms with Gasteiger partial charge in [0.15, 0.2) is 0 Å². The highest BCUT2D eigenvalue weighted by molar-refractivity contribution is 4.81. The average molecular weight is 293 g/mol. The van der Waals surface area contributed by atoms with Gasteiger partial charge >= 0.3 is 0 Å². The minimum atomic E-state index is 0.823. The molecule has 0 N–H and O–H groups in total. The smallest absolute Gasteiger partial charge is 0.0220 e. The number of piperidine rings is 1. The van der Waals surface area contributed by atoms with Crippen molar-refractivity contribution < 1.29 is 0 Å². The van der Waals surface area contributed by atoms with Crippen molar-refractivity contribution in [2.45, 2.75) is 57.4 Å². The Bertz CT molecular complexity index is 293. The quantitative estimate of drug-likeness (QED) is 0.789. The lowest BCUT2D eigenvalue weighted by atomic mass is 9.89. The fraction of sp³-hybridized carbons (Fsp3) is 1.00. The number of nitrogens with zero attached hydrogens (tertiary/aromatic N) is 3. The largest absolute Gasteiger partial charge is 0.302 e. The Morgan fingerprint density at radius 2 is 1.29 bits per heavy atom. The molecule has 0 spiro atoms. The van der Waals surface area contributed by atoms with E-state index in [-0.39, 0.29) is 0 Å². The van der Waals surface area contributed by atoms with Crippen LogP contribution < -0.4 is 0 Å². The van der Waals surface area contributed by atoms with Gasteiger partial charge in [-0.1, -0.05) is 25.7 Å². The number of likely N-dealkylation sites (N-methyl/N-ethyl adjacent to an activating group) is 1. The molecule has 0 unspecified atom stereocenters. The maximum Gasteiger partial charge on any atom is 0.0220 e. The number of rotatable bonds is 4. The first kappa shape index (κ1) is 15.8. The molecule has 0 amide bonds. The van der Waals surface area contributed by atoms with Gasteiger partial charge in [-0.05, 0) is 45.2 Å². The second-order valence-corrected chi connectivity index (χ2v) is 7.74. The maximum absolute atomic E-state index is 2.75. The normalized spacial score (nSPS) is 31.6. The molecule has 2 saturated heterocycles. The fourth-order valence-electron chi connectivity index (χ4n) is 4.56. The molecule has 1 aliphatic carbocycles. The van der Waals surface area contributed by atoms with Gasteiger partial charge in [0.05, 0.1) is 0 Å². The van der Waals surface area contributed by atoms with E-state index in [2.05, 4.69) is 21.7 Å². The molecule has 2 aliphatic heterocycles. The molecule has 2 heterocycles. The van der Waals surface area contributed by atoms with Crippen molar-refractivity contribution in [2.75, 3.05) is 52.9 Å². The monoisotopic (exact) mass is 293 g/mol. The van der Waals surface area contributed by atoms with E-state index in [0.717, 1.165) is 12.0 Å². The topological polar surface area (TPSA) is 9.72 Å². The molecule has 0 aromatic heterocycles. The van der Waals surface area contributed by atoms with E-state index in [1.807, 2.05) is 0 Å². The lowest BCUT2D eigenvalue weighted by Gasteiger charge is -2.41. The van der Waals surface area contributed by atoms with Gasteiger partial charge < -0.3 is 9.80 Å². The molecular formula is C18H35N3. The summed E-state index contributed by atoms with van der Waals surface area (Å²) in [5.74, 6) is 1.01. The Labute approximate surface area is 131 Å². The van der Waals surface area contributed by atoms with Crippen molar-refractivity contribution in [1.82, 2.24) is 14.7 Å². The summed E-state index contributed by atoms with van der Waals surface area (Å²) < 4.78 is 0. The summed E-state index contributed by atoms with van der Waals surface area (Å²) in [5.41, 5.74) is 0. The van der Waals surface area contributed by atoms with Crippen LogP contribution in [0.3, 0.4) is 0 Å². The standard InChI is InChI=1S/C18H35N3/c1-19-10-6-5-9-18(19)16-21-13-11-20(12-14-21)15-17-7-3-2-4-8-17/h17-18H,2-16H2,1H3/t18-/m0/s1. The van der Waals surface area contributed by atoms with Crippen LogP contribution in [0.15, 0.2) is 0 Å². The second kappa shape index (κ2) is 7.94. The molecule has 122 valence electrons. The van der Waals surface area contributed by atoms with E-state index in [1.54, 1.807) is 0 Å². The molecule has 3 heteroatoms. The molecule has 0 aromatic rings. The zero-order chi connectivity index (χ0) is 14.5. The zero-order valence-electron chi connectivity index (χ0n) is 14.1. The van der Waals surface area contributed by atoms with Crippen LogP contribution in [0, 0.1) is 5.92 Å². The first-order chi connectivity index (χ1) is 10.3. The number of hydrogen-bond donors (Lipinski definition) is 0. The van der Waals surface area contributed by atoms with Crippen molar-refractivity contribution in [3.8, 4) is 0 Å². The summed E-state index contributed by atoms with van der Waals surface area (Å²) in [5, 5.41) is 0. The van der Waals surface area contributed by atoms with Crippen LogP contribution in [0.5, 0.6) is 0 Å². The third-order valence-corrected chi connectivity index (χ3v) is 6.10. The van der Waals surface area contributed by atoms with Gasteiger partial charge in [0.1, 0.15) is 0 Å². The highest BCUT2D eigenvalue weighted by atomic mass is 15.3. The Hall–Kier alpha value is -0.120. The Kier molecular flexibility index (Phi) is 5.96. The SMILES string of the molecule is CN1CCCC[C@H]1CN1CCN(CC2CCCCC2)CC1. The van der Waals surface area contributed by atoms with Crippen molar-refractivity contribution in [3.05, 3.63) is 0 Å². The predicted octanol–water partition coefficient (Wildman–Crippen LogP) is 2.67. The van der Waals surface area contributed by atoms with E-state index >= 15 is 0 Å². The van der Waals surface area contributed by atoms with E-state index < -0.39 is 0 Å².